The highest BCUT2D eigenvalue weighted by atomic mass is 32.2. The van der Waals surface area contributed by atoms with Crippen molar-refractivity contribution in [3.8, 4) is 5.69 Å². The maximum absolute atomic E-state index is 14.1. The Labute approximate surface area is 191 Å². The summed E-state index contributed by atoms with van der Waals surface area (Å²) >= 11 is 0. The van der Waals surface area contributed by atoms with Crippen LogP contribution in [0.5, 0.6) is 0 Å². The number of nitrogens with zero attached hydrogens (tertiary/aromatic N) is 3. The molecular formula is C24H24F2N4O2S. The van der Waals surface area contributed by atoms with E-state index in [0.717, 1.165) is 11.6 Å². The molecule has 1 N–H and O–H groups in total. The summed E-state index contributed by atoms with van der Waals surface area (Å²) in [7, 11) is -4.06. The summed E-state index contributed by atoms with van der Waals surface area (Å²) in [4.78, 5) is 4.30. The fraction of sp³-hybridized carbons (Fsp3) is 0.250. The SMILES string of the molecule is CC(C)(C)c1ccc(S(=O)(=O)Nc2cc(C(C)(F)F)nn2-c2cccc3ncccc23)cc1. The number of halogens is 2. The lowest BCUT2D eigenvalue weighted by molar-refractivity contribution is 0.0124. The summed E-state index contributed by atoms with van der Waals surface area (Å²) in [6, 6.07) is 16.2. The first-order valence-electron chi connectivity index (χ1n) is 10.3. The van der Waals surface area contributed by atoms with Crippen molar-refractivity contribution in [1.82, 2.24) is 14.8 Å². The van der Waals surface area contributed by atoms with Gasteiger partial charge in [-0.05, 0) is 47.4 Å². The molecule has 0 aliphatic carbocycles. The third-order valence-corrected chi connectivity index (χ3v) is 6.65. The van der Waals surface area contributed by atoms with Gasteiger partial charge in [0, 0.05) is 24.6 Å². The molecule has 2 heterocycles. The molecule has 0 bridgehead atoms. The number of sulfonamides is 1. The molecule has 0 aliphatic rings. The summed E-state index contributed by atoms with van der Waals surface area (Å²) in [5.41, 5.74) is 1.34. The summed E-state index contributed by atoms with van der Waals surface area (Å²) in [5.74, 6) is -3.36. The molecule has 0 saturated heterocycles. The second kappa shape index (κ2) is 7.91. The van der Waals surface area contributed by atoms with Gasteiger partial charge in [-0.25, -0.2) is 13.1 Å². The smallest absolute Gasteiger partial charge is 0.263 e. The van der Waals surface area contributed by atoms with Crippen LogP contribution >= 0.6 is 0 Å². The van der Waals surface area contributed by atoms with Crippen molar-refractivity contribution in [3.63, 3.8) is 0 Å². The molecule has 0 unspecified atom stereocenters. The number of hydrogen-bond acceptors (Lipinski definition) is 4. The molecule has 4 rings (SSSR count). The predicted octanol–water partition coefficient (Wildman–Crippen LogP) is 5.63. The zero-order valence-electron chi connectivity index (χ0n) is 18.7. The lowest BCUT2D eigenvalue weighted by Crippen LogP contribution is -2.17. The molecule has 2 aromatic heterocycles. The zero-order valence-corrected chi connectivity index (χ0v) is 19.5. The molecular weight excluding hydrogens is 446 g/mol. The Morgan fingerprint density at radius 2 is 1.64 bits per heavy atom. The van der Waals surface area contributed by atoms with Gasteiger partial charge in [-0.15, -0.1) is 0 Å². The third kappa shape index (κ3) is 4.59. The molecule has 4 aromatic rings. The van der Waals surface area contributed by atoms with Gasteiger partial charge in [-0.1, -0.05) is 39.0 Å². The lowest BCUT2D eigenvalue weighted by atomic mass is 9.87. The van der Waals surface area contributed by atoms with Crippen LogP contribution in [0.15, 0.2) is 71.8 Å². The topological polar surface area (TPSA) is 76.9 Å². The number of rotatable bonds is 5. The molecule has 0 spiro atoms. The van der Waals surface area contributed by atoms with Crippen LogP contribution in [-0.4, -0.2) is 23.2 Å². The minimum atomic E-state index is -4.06. The molecule has 0 amide bonds. The fourth-order valence-electron chi connectivity index (χ4n) is 3.45. The molecule has 172 valence electrons. The molecule has 0 radical (unpaired) electrons. The molecule has 0 fully saturated rings. The van der Waals surface area contributed by atoms with E-state index in [1.807, 2.05) is 20.8 Å². The van der Waals surface area contributed by atoms with Crippen LogP contribution in [-0.2, 0) is 21.4 Å². The summed E-state index contributed by atoms with van der Waals surface area (Å²) < 4.78 is 58.1. The van der Waals surface area contributed by atoms with Crippen LogP contribution < -0.4 is 4.72 Å². The van der Waals surface area contributed by atoms with Gasteiger partial charge in [0.1, 0.15) is 11.5 Å². The van der Waals surface area contributed by atoms with Crippen molar-refractivity contribution < 1.29 is 17.2 Å². The molecule has 33 heavy (non-hydrogen) atoms. The van der Waals surface area contributed by atoms with Gasteiger partial charge in [0.05, 0.1) is 16.1 Å². The van der Waals surface area contributed by atoms with E-state index in [-0.39, 0.29) is 16.1 Å². The second-order valence-electron chi connectivity index (χ2n) is 8.94. The Bertz CT molecular complexity index is 1410. The van der Waals surface area contributed by atoms with Crippen molar-refractivity contribution in [2.24, 2.45) is 0 Å². The average molecular weight is 471 g/mol. The Hall–Kier alpha value is -3.33. The standard InChI is InChI=1S/C24H24F2N4O2S/c1-23(2,3)16-10-12-17(13-11-16)33(31,32)29-22-15-21(24(4,25)26)28-30(22)20-9-5-8-19-18(20)7-6-14-27-19/h5-15,29H,1-4H3. The first-order chi connectivity index (χ1) is 15.4. The summed E-state index contributed by atoms with van der Waals surface area (Å²) in [5, 5.41) is 4.68. The van der Waals surface area contributed by atoms with E-state index in [1.54, 1.807) is 48.7 Å². The van der Waals surface area contributed by atoms with Crippen LogP contribution in [0, 0.1) is 0 Å². The number of alkyl halides is 2. The minimum Gasteiger partial charge on any atom is -0.263 e. The van der Waals surface area contributed by atoms with Crippen LogP contribution in [0.3, 0.4) is 0 Å². The maximum atomic E-state index is 14.1. The highest BCUT2D eigenvalue weighted by Gasteiger charge is 2.31. The molecule has 2 aromatic carbocycles. The number of hydrogen-bond donors (Lipinski definition) is 1. The van der Waals surface area contributed by atoms with Crippen molar-refractivity contribution in [2.75, 3.05) is 4.72 Å². The maximum Gasteiger partial charge on any atom is 0.288 e. The van der Waals surface area contributed by atoms with Crippen molar-refractivity contribution >= 4 is 26.7 Å². The molecule has 0 atom stereocenters. The third-order valence-electron chi connectivity index (χ3n) is 5.28. The molecule has 6 nitrogen and oxygen atoms in total. The molecule has 0 saturated carbocycles. The largest absolute Gasteiger partial charge is 0.288 e. The average Bonchev–Trinajstić information content (AvgIpc) is 3.16. The minimum absolute atomic E-state index is 0.0210. The Balaban J connectivity index is 1.81. The first-order valence-corrected chi connectivity index (χ1v) is 11.8. The number of anilines is 1. The number of benzene rings is 2. The lowest BCUT2D eigenvalue weighted by Gasteiger charge is -2.19. The van der Waals surface area contributed by atoms with Gasteiger partial charge >= 0.3 is 0 Å². The predicted molar refractivity (Wildman–Crippen MR) is 124 cm³/mol. The monoisotopic (exact) mass is 470 g/mol. The van der Waals surface area contributed by atoms with Gasteiger partial charge in [-0.2, -0.15) is 13.9 Å². The van der Waals surface area contributed by atoms with Gasteiger partial charge in [0.25, 0.3) is 15.9 Å². The van der Waals surface area contributed by atoms with Crippen LogP contribution in [0.1, 0.15) is 39.0 Å². The van der Waals surface area contributed by atoms with Crippen molar-refractivity contribution in [3.05, 3.63) is 78.1 Å². The van der Waals surface area contributed by atoms with Gasteiger partial charge in [0.15, 0.2) is 0 Å². The van der Waals surface area contributed by atoms with Gasteiger partial charge in [-0.3, -0.25) is 9.71 Å². The Kier molecular flexibility index (Phi) is 5.48. The van der Waals surface area contributed by atoms with E-state index in [2.05, 4.69) is 14.8 Å². The number of nitrogens with one attached hydrogen (secondary N) is 1. The highest BCUT2D eigenvalue weighted by molar-refractivity contribution is 7.92. The van der Waals surface area contributed by atoms with Gasteiger partial charge in [0.2, 0.25) is 0 Å². The second-order valence-corrected chi connectivity index (χ2v) is 10.6. The first kappa shape index (κ1) is 22.8. The van der Waals surface area contributed by atoms with E-state index < -0.39 is 21.6 Å². The van der Waals surface area contributed by atoms with E-state index >= 15 is 0 Å². The van der Waals surface area contributed by atoms with E-state index in [1.165, 1.54) is 16.8 Å². The zero-order chi connectivity index (χ0) is 24.0. The van der Waals surface area contributed by atoms with Crippen LogP contribution in [0.4, 0.5) is 14.6 Å². The molecule has 9 heteroatoms. The quantitative estimate of drug-likeness (QED) is 0.410. The van der Waals surface area contributed by atoms with Crippen molar-refractivity contribution in [1.29, 1.82) is 0 Å². The number of aromatic nitrogens is 3. The number of fused-ring (bicyclic) bond motifs is 1. The highest BCUT2D eigenvalue weighted by Crippen LogP contribution is 2.32. The molecule has 0 aliphatic heterocycles. The Morgan fingerprint density at radius 3 is 2.27 bits per heavy atom. The normalized spacial score (nSPS) is 12.8. The van der Waals surface area contributed by atoms with Crippen LogP contribution in [0.2, 0.25) is 0 Å². The van der Waals surface area contributed by atoms with Gasteiger partial charge < -0.3 is 0 Å². The summed E-state index contributed by atoms with van der Waals surface area (Å²) in [6.07, 6.45) is 1.62. The van der Waals surface area contributed by atoms with E-state index in [9.17, 15) is 17.2 Å². The van der Waals surface area contributed by atoms with E-state index in [0.29, 0.717) is 23.5 Å². The van der Waals surface area contributed by atoms with E-state index in [4.69, 9.17) is 0 Å². The summed E-state index contributed by atoms with van der Waals surface area (Å²) in [6.45, 7) is 6.80. The van der Waals surface area contributed by atoms with Crippen molar-refractivity contribution in [2.45, 2.75) is 43.9 Å². The van der Waals surface area contributed by atoms with Crippen LogP contribution in [0.25, 0.3) is 16.6 Å². The fourth-order valence-corrected chi connectivity index (χ4v) is 4.49. The number of pyridine rings is 1. The Morgan fingerprint density at radius 1 is 0.939 bits per heavy atom.